The SMILES string of the molecule is CCOC(=O)c1cn(CC2CCOCC2)cc(-c2ccc(Cl)cc2)c1=O. The molecule has 6 heteroatoms. The second-order valence-corrected chi connectivity index (χ2v) is 6.83. The number of carbonyl (C=O) groups is 1. The van der Waals surface area contributed by atoms with Gasteiger partial charge in [0.2, 0.25) is 5.43 Å². The van der Waals surface area contributed by atoms with E-state index in [0.29, 0.717) is 16.5 Å². The minimum absolute atomic E-state index is 0.0614. The molecule has 1 aliphatic rings. The van der Waals surface area contributed by atoms with Crippen LogP contribution in [0.4, 0.5) is 0 Å². The molecule has 1 aromatic heterocycles. The molecule has 5 nitrogen and oxygen atoms in total. The lowest BCUT2D eigenvalue weighted by Gasteiger charge is -2.23. The topological polar surface area (TPSA) is 57.5 Å². The molecule has 138 valence electrons. The second kappa shape index (κ2) is 8.52. The van der Waals surface area contributed by atoms with Crippen molar-refractivity contribution >= 4 is 17.6 Å². The zero-order chi connectivity index (χ0) is 18.5. The van der Waals surface area contributed by atoms with Crippen LogP contribution in [0.25, 0.3) is 11.1 Å². The van der Waals surface area contributed by atoms with Gasteiger partial charge >= 0.3 is 5.97 Å². The van der Waals surface area contributed by atoms with Gasteiger partial charge in [0, 0.05) is 42.7 Å². The predicted molar refractivity (Wildman–Crippen MR) is 101 cm³/mol. The summed E-state index contributed by atoms with van der Waals surface area (Å²) in [5, 5.41) is 0.595. The molecule has 1 saturated heterocycles. The molecule has 0 spiro atoms. The lowest BCUT2D eigenvalue weighted by Crippen LogP contribution is -2.25. The summed E-state index contributed by atoms with van der Waals surface area (Å²) >= 11 is 5.95. The molecule has 2 heterocycles. The number of nitrogens with zero attached hydrogens (tertiary/aromatic N) is 1. The van der Waals surface area contributed by atoms with Gasteiger partial charge in [-0.1, -0.05) is 23.7 Å². The average Bonchev–Trinajstić information content (AvgIpc) is 2.65. The molecule has 0 unspecified atom stereocenters. The third-order valence-electron chi connectivity index (χ3n) is 4.54. The van der Waals surface area contributed by atoms with E-state index >= 15 is 0 Å². The Labute approximate surface area is 157 Å². The summed E-state index contributed by atoms with van der Waals surface area (Å²) in [6, 6.07) is 7.03. The van der Waals surface area contributed by atoms with Gasteiger partial charge in [0.1, 0.15) is 5.56 Å². The Morgan fingerprint density at radius 3 is 2.58 bits per heavy atom. The normalized spacial score (nSPS) is 15.0. The molecule has 0 amide bonds. The summed E-state index contributed by atoms with van der Waals surface area (Å²) in [6.45, 7) is 4.18. The molecular formula is C20H22ClNO4. The lowest BCUT2D eigenvalue weighted by atomic mass is 9.99. The van der Waals surface area contributed by atoms with Gasteiger partial charge in [0.25, 0.3) is 0 Å². The molecule has 0 saturated carbocycles. The highest BCUT2D eigenvalue weighted by Crippen LogP contribution is 2.22. The third-order valence-corrected chi connectivity index (χ3v) is 4.79. The Morgan fingerprint density at radius 2 is 1.92 bits per heavy atom. The van der Waals surface area contributed by atoms with Crippen molar-refractivity contribution in [3.05, 3.63) is 57.5 Å². The molecule has 2 aromatic rings. The van der Waals surface area contributed by atoms with Gasteiger partial charge in [-0.2, -0.15) is 0 Å². The molecule has 0 N–H and O–H groups in total. The Morgan fingerprint density at radius 1 is 1.23 bits per heavy atom. The molecule has 0 atom stereocenters. The van der Waals surface area contributed by atoms with Gasteiger partial charge in [-0.3, -0.25) is 4.79 Å². The maximum Gasteiger partial charge on any atom is 0.343 e. The minimum atomic E-state index is -0.589. The van der Waals surface area contributed by atoms with Crippen LogP contribution < -0.4 is 5.43 Å². The van der Waals surface area contributed by atoms with Gasteiger partial charge in [-0.15, -0.1) is 0 Å². The first kappa shape index (κ1) is 18.7. The van der Waals surface area contributed by atoms with Crippen LogP contribution in [0.2, 0.25) is 5.02 Å². The smallest absolute Gasteiger partial charge is 0.343 e. The number of halogens is 1. The summed E-state index contributed by atoms with van der Waals surface area (Å²) in [7, 11) is 0. The molecule has 3 rings (SSSR count). The lowest BCUT2D eigenvalue weighted by molar-refractivity contribution is 0.0520. The molecule has 1 aliphatic heterocycles. The first-order chi connectivity index (χ1) is 12.6. The van der Waals surface area contributed by atoms with Crippen LogP contribution in [0.1, 0.15) is 30.1 Å². The van der Waals surface area contributed by atoms with Crippen LogP contribution >= 0.6 is 11.6 Å². The zero-order valence-corrected chi connectivity index (χ0v) is 15.5. The number of rotatable bonds is 5. The summed E-state index contributed by atoms with van der Waals surface area (Å²) in [4.78, 5) is 25.1. The second-order valence-electron chi connectivity index (χ2n) is 6.39. The van der Waals surface area contributed by atoms with E-state index in [9.17, 15) is 9.59 Å². The van der Waals surface area contributed by atoms with Crippen molar-refractivity contribution in [2.75, 3.05) is 19.8 Å². The summed E-state index contributed by atoms with van der Waals surface area (Å²) in [5.41, 5.74) is 0.936. The van der Waals surface area contributed by atoms with E-state index in [1.54, 1.807) is 37.4 Å². The fraction of sp³-hybridized carbons (Fsp3) is 0.400. The number of esters is 1. The number of ether oxygens (including phenoxy) is 2. The van der Waals surface area contributed by atoms with Crippen LogP contribution in [-0.4, -0.2) is 30.4 Å². The van der Waals surface area contributed by atoms with Gasteiger partial charge in [0.05, 0.1) is 6.61 Å². The Bertz CT molecular complexity index is 823. The standard InChI is InChI=1S/C20H22ClNO4/c1-2-26-20(24)18-13-22(11-14-7-9-25-10-8-14)12-17(19(18)23)15-3-5-16(21)6-4-15/h3-6,12-14H,2,7-11H2,1H3. The fourth-order valence-corrected chi connectivity index (χ4v) is 3.28. The van der Waals surface area contributed by atoms with E-state index in [0.717, 1.165) is 38.2 Å². The molecule has 26 heavy (non-hydrogen) atoms. The van der Waals surface area contributed by atoms with Crippen molar-refractivity contribution in [2.24, 2.45) is 5.92 Å². The van der Waals surface area contributed by atoms with Crippen LogP contribution in [0, 0.1) is 5.92 Å². The monoisotopic (exact) mass is 375 g/mol. The van der Waals surface area contributed by atoms with Gasteiger partial charge < -0.3 is 14.0 Å². The number of hydrogen-bond donors (Lipinski definition) is 0. The predicted octanol–water partition coefficient (Wildman–Crippen LogP) is 3.77. The zero-order valence-electron chi connectivity index (χ0n) is 14.7. The number of benzene rings is 1. The van der Waals surface area contributed by atoms with E-state index in [4.69, 9.17) is 21.1 Å². The number of pyridine rings is 1. The van der Waals surface area contributed by atoms with Crippen molar-refractivity contribution < 1.29 is 14.3 Å². The maximum absolute atomic E-state index is 12.8. The first-order valence-electron chi connectivity index (χ1n) is 8.83. The van der Waals surface area contributed by atoms with Crippen LogP contribution in [0.5, 0.6) is 0 Å². The van der Waals surface area contributed by atoms with Crippen molar-refractivity contribution in [3.8, 4) is 11.1 Å². The number of aromatic nitrogens is 1. The summed E-state index contributed by atoms with van der Waals surface area (Å²) < 4.78 is 12.4. The maximum atomic E-state index is 12.8. The highest BCUT2D eigenvalue weighted by molar-refractivity contribution is 6.30. The summed E-state index contributed by atoms with van der Waals surface area (Å²) in [6.07, 6.45) is 5.35. The Hall–Kier alpha value is -2.11. The van der Waals surface area contributed by atoms with Gasteiger partial charge in [-0.05, 0) is 43.4 Å². The molecule has 1 aromatic carbocycles. The van der Waals surface area contributed by atoms with E-state index in [1.165, 1.54) is 0 Å². The van der Waals surface area contributed by atoms with Crippen LogP contribution in [-0.2, 0) is 16.0 Å². The quantitative estimate of drug-likeness (QED) is 0.746. The highest BCUT2D eigenvalue weighted by Gasteiger charge is 2.19. The average molecular weight is 376 g/mol. The largest absolute Gasteiger partial charge is 0.462 e. The van der Waals surface area contributed by atoms with Crippen LogP contribution in [0.15, 0.2) is 41.5 Å². The molecular weight excluding hydrogens is 354 g/mol. The molecule has 1 fully saturated rings. The summed E-state index contributed by atoms with van der Waals surface area (Å²) in [5.74, 6) is -0.131. The van der Waals surface area contributed by atoms with E-state index in [1.807, 2.05) is 10.8 Å². The van der Waals surface area contributed by atoms with Crippen molar-refractivity contribution in [2.45, 2.75) is 26.3 Å². The van der Waals surface area contributed by atoms with Gasteiger partial charge in [-0.25, -0.2) is 4.79 Å². The highest BCUT2D eigenvalue weighted by atomic mass is 35.5. The third kappa shape index (κ3) is 4.34. The Balaban J connectivity index is 2.02. The van der Waals surface area contributed by atoms with Crippen LogP contribution in [0.3, 0.4) is 0 Å². The van der Waals surface area contributed by atoms with Crippen molar-refractivity contribution in [1.29, 1.82) is 0 Å². The van der Waals surface area contributed by atoms with E-state index < -0.39 is 5.97 Å². The fourth-order valence-electron chi connectivity index (χ4n) is 3.15. The Kier molecular flexibility index (Phi) is 6.12. The van der Waals surface area contributed by atoms with Crippen molar-refractivity contribution in [1.82, 2.24) is 4.57 Å². The van der Waals surface area contributed by atoms with Gasteiger partial charge in [0.15, 0.2) is 0 Å². The van der Waals surface area contributed by atoms with Crippen molar-refractivity contribution in [3.63, 3.8) is 0 Å². The van der Waals surface area contributed by atoms with E-state index in [-0.39, 0.29) is 17.6 Å². The molecule has 0 bridgehead atoms. The molecule has 0 aliphatic carbocycles. The minimum Gasteiger partial charge on any atom is -0.462 e. The first-order valence-corrected chi connectivity index (χ1v) is 9.21. The number of carbonyl (C=O) groups excluding carboxylic acids is 1. The molecule has 0 radical (unpaired) electrons. The number of hydrogen-bond acceptors (Lipinski definition) is 4. The van der Waals surface area contributed by atoms with E-state index in [2.05, 4.69) is 0 Å².